The number of carboxylic acid groups (broad SMARTS) is 1. The molecule has 3 rings (SSSR count). The lowest BCUT2D eigenvalue weighted by Crippen LogP contribution is -2.43. The third-order valence-corrected chi connectivity index (χ3v) is 7.18. The van der Waals surface area contributed by atoms with Crippen molar-refractivity contribution in [3.05, 3.63) is 76.3 Å². The molecule has 0 saturated carbocycles. The molecule has 0 amide bonds. The molecule has 0 aliphatic carbocycles. The van der Waals surface area contributed by atoms with Crippen molar-refractivity contribution in [3.8, 4) is 5.75 Å². The third-order valence-electron chi connectivity index (χ3n) is 5.47. The average molecular weight is 508 g/mol. The number of hydrogen-bond acceptors (Lipinski definition) is 7. The molecule has 9 heteroatoms. The first-order valence-corrected chi connectivity index (χ1v) is 11.8. The van der Waals surface area contributed by atoms with Gasteiger partial charge in [0.2, 0.25) is 0 Å². The first-order chi connectivity index (χ1) is 17.5. The van der Waals surface area contributed by atoms with Crippen LogP contribution in [0.25, 0.3) is 0 Å². The zero-order chi connectivity index (χ0) is 27.2. The summed E-state index contributed by atoms with van der Waals surface area (Å²) >= 11 is 7.65. The topological polar surface area (TPSA) is 93.1 Å². The first kappa shape index (κ1) is 21.7. The predicted molar refractivity (Wildman–Crippen MR) is 132 cm³/mol. The number of Topliss-reactive ketones (excluding diaryl/α,β-unsaturated/α-hetero) is 1. The molecule has 2 unspecified atom stereocenters. The predicted octanol–water partition coefficient (Wildman–Crippen LogP) is 4.26. The molecular formula is C25H26ClNO6S. The van der Waals surface area contributed by atoms with E-state index in [1.807, 2.05) is 4.90 Å². The van der Waals surface area contributed by atoms with Crippen molar-refractivity contribution in [1.82, 2.24) is 4.90 Å². The Morgan fingerprint density at radius 2 is 2.09 bits per heavy atom. The molecule has 1 aliphatic heterocycles. The first-order valence-electron chi connectivity index (χ1n) is 11.9. The van der Waals surface area contributed by atoms with Crippen molar-refractivity contribution in [2.24, 2.45) is 0 Å². The number of piperidine rings is 1. The van der Waals surface area contributed by atoms with Crippen LogP contribution in [0.4, 0.5) is 0 Å². The maximum atomic E-state index is 12.8. The van der Waals surface area contributed by atoms with Crippen LogP contribution < -0.4 is 4.74 Å². The van der Waals surface area contributed by atoms with E-state index in [1.165, 1.54) is 37.1 Å². The molecule has 0 spiro atoms. The summed E-state index contributed by atoms with van der Waals surface area (Å²) in [6, 6.07) is 12.0. The molecular weight excluding hydrogens is 479 g/mol. The number of halogens is 1. The standard InChI is InChI=1S/C25H26ClNO6S/c1-32-18-7-5-6-16(12-18)21(28)15-34-22-10-11-27(14-17(22)13-23(29)30)24(25(31)33-2)19-8-3-4-9-20(19)26/h3-9,12-13,22,24H,10-11,14-15H2,1-2H3,(H,29,30)/b17-13+/i1+1D3. The molecule has 1 N–H and O–H groups in total. The van der Waals surface area contributed by atoms with Gasteiger partial charge < -0.3 is 14.6 Å². The Morgan fingerprint density at radius 3 is 2.79 bits per heavy atom. The van der Waals surface area contributed by atoms with Crippen LogP contribution >= 0.6 is 23.4 Å². The summed E-state index contributed by atoms with van der Waals surface area (Å²) in [4.78, 5) is 38.9. The van der Waals surface area contributed by atoms with Crippen molar-refractivity contribution < 1.29 is 33.1 Å². The number of esters is 1. The van der Waals surface area contributed by atoms with E-state index in [4.69, 9.17) is 25.2 Å². The Kier molecular flexibility index (Phi) is 7.70. The fourth-order valence-corrected chi connectivity index (χ4v) is 5.25. The van der Waals surface area contributed by atoms with Crippen LogP contribution in [-0.2, 0) is 14.3 Å². The highest BCUT2D eigenvalue weighted by atomic mass is 35.5. The van der Waals surface area contributed by atoms with E-state index in [-0.39, 0.29) is 29.1 Å². The normalized spacial score (nSPS) is 20.0. The number of benzene rings is 2. The molecule has 2 aromatic rings. The van der Waals surface area contributed by atoms with Crippen molar-refractivity contribution in [2.45, 2.75) is 17.7 Å². The van der Waals surface area contributed by atoms with Crippen molar-refractivity contribution in [1.29, 1.82) is 0 Å². The van der Waals surface area contributed by atoms with Crippen LogP contribution in [0.15, 0.2) is 60.2 Å². The van der Waals surface area contributed by atoms with Gasteiger partial charge in [-0.25, -0.2) is 9.59 Å². The van der Waals surface area contributed by atoms with Gasteiger partial charge in [0.1, 0.15) is 11.8 Å². The lowest BCUT2D eigenvalue weighted by atomic mass is 9.98. The SMILES string of the molecule is [2H][13C]([2H])([2H])Oc1cccc(C(=O)CSC2CCN(C(C(=O)OC)c3ccccc3Cl)C/C2=C\C(=O)O)c1. The summed E-state index contributed by atoms with van der Waals surface area (Å²) in [5.74, 6) is -1.78. The van der Waals surface area contributed by atoms with Crippen LogP contribution in [0.5, 0.6) is 5.75 Å². The number of carbonyl (C=O) groups is 3. The van der Waals surface area contributed by atoms with Gasteiger partial charge in [-0.15, -0.1) is 11.8 Å². The molecule has 2 atom stereocenters. The van der Waals surface area contributed by atoms with E-state index in [9.17, 15) is 19.5 Å². The van der Waals surface area contributed by atoms with Gasteiger partial charge >= 0.3 is 11.9 Å². The van der Waals surface area contributed by atoms with Crippen LogP contribution in [0.1, 0.15) is 32.5 Å². The molecule has 0 bridgehead atoms. The number of carbonyl (C=O) groups excluding carboxylic acids is 2. The van der Waals surface area contributed by atoms with E-state index in [0.717, 1.165) is 6.08 Å². The molecule has 2 aromatic carbocycles. The number of hydrogen-bond donors (Lipinski definition) is 1. The summed E-state index contributed by atoms with van der Waals surface area (Å²) in [5.41, 5.74) is 1.41. The molecule has 1 saturated heterocycles. The number of carboxylic acids is 1. The molecule has 7 nitrogen and oxygen atoms in total. The fourth-order valence-electron chi connectivity index (χ4n) is 3.87. The average Bonchev–Trinajstić information content (AvgIpc) is 2.83. The van der Waals surface area contributed by atoms with Crippen LogP contribution in [0.2, 0.25) is 5.02 Å². The van der Waals surface area contributed by atoms with E-state index in [0.29, 0.717) is 34.7 Å². The molecule has 0 radical (unpaired) electrons. The molecule has 0 aromatic heterocycles. The highest BCUT2D eigenvalue weighted by molar-refractivity contribution is 8.00. The summed E-state index contributed by atoms with van der Waals surface area (Å²) in [6.07, 6.45) is 1.59. The van der Waals surface area contributed by atoms with E-state index < -0.39 is 25.0 Å². The highest BCUT2D eigenvalue weighted by Crippen LogP contribution is 2.35. The smallest absolute Gasteiger partial charge is 0.328 e. The number of nitrogens with zero attached hydrogens (tertiary/aromatic N) is 1. The number of aliphatic carboxylic acids is 1. The van der Waals surface area contributed by atoms with Crippen molar-refractivity contribution in [2.75, 3.05) is 33.0 Å². The summed E-state index contributed by atoms with van der Waals surface area (Å²) in [5, 5.41) is 9.58. The maximum absolute atomic E-state index is 12.8. The Hall–Kier alpha value is -2.81. The number of rotatable bonds is 9. The van der Waals surface area contributed by atoms with E-state index >= 15 is 0 Å². The third kappa shape index (κ3) is 6.40. The van der Waals surface area contributed by atoms with Gasteiger partial charge in [-0.2, -0.15) is 0 Å². The van der Waals surface area contributed by atoms with Gasteiger partial charge in [-0.1, -0.05) is 41.9 Å². The quantitative estimate of drug-likeness (QED) is 0.233. The molecule has 34 heavy (non-hydrogen) atoms. The summed E-state index contributed by atoms with van der Waals surface area (Å²) in [6.45, 7) is 0.612. The second kappa shape index (κ2) is 12.1. The number of ether oxygens (including phenoxy) is 2. The van der Waals surface area contributed by atoms with Gasteiger partial charge in [0.25, 0.3) is 0 Å². The largest absolute Gasteiger partial charge is 0.497 e. The monoisotopic (exact) mass is 507 g/mol. The molecule has 1 fully saturated rings. The zero-order valence-electron chi connectivity index (χ0n) is 21.4. The zero-order valence-corrected chi connectivity index (χ0v) is 20.0. The fraction of sp³-hybridized carbons (Fsp3) is 0.320. The summed E-state index contributed by atoms with van der Waals surface area (Å²) < 4.78 is 31.5. The molecule has 1 heterocycles. The van der Waals surface area contributed by atoms with E-state index in [2.05, 4.69) is 0 Å². The van der Waals surface area contributed by atoms with Gasteiger partial charge in [0, 0.05) is 35.0 Å². The van der Waals surface area contributed by atoms with Crippen LogP contribution in [0.3, 0.4) is 0 Å². The van der Waals surface area contributed by atoms with Gasteiger partial charge in [0.05, 0.1) is 24.0 Å². The lowest BCUT2D eigenvalue weighted by molar-refractivity contribution is -0.147. The van der Waals surface area contributed by atoms with Gasteiger partial charge in [-0.05, 0) is 35.8 Å². The Balaban J connectivity index is 1.75. The minimum atomic E-state index is -2.63. The van der Waals surface area contributed by atoms with Crippen LogP contribution in [0, 0.1) is 0 Å². The Bertz CT molecular complexity index is 1190. The maximum Gasteiger partial charge on any atom is 0.328 e. The van der Waals surface area contributed by atoms with Gasteiger partial charge in [0.15, 0.2) is 5.78 Å². The van der Waals surface area contributed by atoms with Crippen LogP contribution in [-0.4, -0.2) is 66.0 Å². The second-order valence-electron chi connectivity index (χ2n) is 7.62. The highest BCUT2D eigenvalue weighted by Gasteiger charge is 2.35. The molecule has 180 valence electrons. The Morgan fingerprint density at radius 1 is 1.29 bits per heavy atom. The minimum absolute atomic E-state index is 0.0454. The second-order valence-corrected chi connectivity index (χ2v) is 9.21. The van der Waals surface area contributed by atoms with Crippen molar-refractivity contribution in [3.63, 3.8) is 0 Å². The number of thioether (sulfide) groups is 1. The number of ketones is 1. The van der Waals surface area contributed by atoms with E-state index in [1.54, 1.807) is 30.3 Å². The number of likely N-dealkylation sites (tertiary alicyclic amines) is 1. The summed E-state index contributed by atoms with van der Waals surface area (Å²) in [7, 11) is -1.35. The minimum Gasteiger partial charge on any atom is -0.497 e. The van der Waals surface area contributed by atoms with Gasteiger partial charge in [-0.3, -0.25) is 9.69 Å². The Labute approximate surface area is 211 Å². The number of methoxy groups -OCH3 is 2. The lowest BCUT2D eigenvalue weighted by Gasteiger charge is -2.38. The van der Waals surface area contributed by atoms with Crippen molar-refractivity contribution >= 4 is 41.1 Å². The molecule has 1 aliphatic rings.